The van der Waals surface area contributed by atoms with Crippen LogP contribution in [0.15, 0.2) is 42.0 Å². The van der Waals surface area contributed by atoms with Crippen LogP contribution in [0.3, 0.4) is 0 Å². The predicted molar refractivity (Wildman–Crippen MR) is 77.7 cm³/mol. The van der Waals surface area contributed by atoms with Gasteiger partial charge in [0.05, 0.1) is 28.6 Å². The van der Waals surface area contributed by atoms with Gasteiger partial charge in [-0.25, -0.2) is 14.1 Å². The summed E-state index contributed by atoms with van der Waals surface area (Å²) in [6, 6.07) is 6.73. The Balaban J connectivity index is 1.88. The first-order chi connectivity index (χ1) is 9.74. The molecule has 0 saturated heterocycles. The largest absolute Gasteiger partial charge is 0.375 e. The average Bonchev–Trinajstić information content (AvgIpc) is 3.08. The Hall–Kier alpha value is -2.21. The van der Waals surface area contributed by atoms with Gasteiger partial charge in [-0.2, -0.15) is 5.10 Å². The molecule has 6 heteroatoms. The Bertz CT molecular complexity index is 706. The van der Waals surface area contributed by atoms with Crippen LogP contribution in [0.1, 0.15) is 10.7 Å². The number of hydrogen-bond acceptors (Lipinski definition) is 4. The summed E-state index contributed by atoms with van der Waals surface area (Å²) < 4.78 is 15.7. The van der Waals surface area contributed by atoms with E-state index in [1.807, 2.05) is 18.4 Å². The van der Waals surface area contributed by atoms with Crippen LogP contribution in [0.2, 0.25) is 0 Å². The maximum atomic E-state index is 14.0. The van der Waals surface area contributed by atoms with Crippen molar-refractivity contribution in [2.24, 2.45) is 0 Å². The maximum absolute atomic E-state index is 14.0. The molecule has 3 aromatic rings. The number of benzene rings is 1. The van der Waals surface area contributed by atoms with Gasteiger partial charge in [-0.05, 0) is 25.1 Å². The summed E-state index contributed by atoms with van der Waals surface area (Å²) in [6.45, 7) is 2.44. The fraction of sp³-hybridized carbons (Fsp3) is 0.143. The van der Waals surface area contributed by atoms with Crippen LogP contribution < -0.4 is 5.32 Å². The van der Waals surface area contributed by atoms with E-state index in [0.717, 1.165) is 10.7 Å². The van der Waals surface area contributed by atoms with Gasteiger partial charge in [-0.15, -0.1) is 11.3 Å². The first kappa shape index (κ1) is 12.8. The minimum Gasteiger partial charge on any atom is -0.375 e. The number of para-hydroxylation sites is 1. The van der Waals surface area contributed by atoms with E-state index < -0.39 is 0 Å². The third-order valence-electron chi connectivity index (χ3n) is 2.86. The van der Waals surface area contributed by atoms with Crippen LogP contribution in [0.4, 0.5) is 10.1 Å². The van der Waals surface area contributed by atoms with Gasteiger partial charge in [0.2, 0.25) is 0 Å². The fourth-order valence-electron chi connectivity index (χ4n) is 1.96. The van der Waals surface area contributed by atoms with E-state index in [9.17, 15) is 4.39 Å². The number of aromatic nitrogens is 3. The molecular formula is C14H13FN4S. The van der Waals surface area contributed by atoms with Crippen molar-refractivity contribution in [2.45, 2.75) is 13.5 Å². The zero-order chi connectivity index (χ0) is 13.9. The van der Waals surface area contributed by atoms with Gasteiger partial charge in [-0.3, -0.25) is 0 Å². The molecule has 0 amide bonds. The predicted octanol–water partition coefficient (Wildman–Crippen LogP) is 3.39. The molecule has 3 rings (SSSR count). The normalized spacial score (nSPS) is 10.7. The Morgan fingerprint density at radius 2 is 2.25 bits per heavy atom. The summed E-state index contributed by atoms with van der Waals surface area (Å²) in [5.41, 5.74) is 2.02. The maximum Gasteiger partial charge on any atom is 0.148 e. The van der Waals surface area contributed by atoms with Gasteiger partial charge in [-0.1, -0.05) is 6.07 Å². The van der Waals surface area contributed by atoms with E-state index in [-0.39, 0.29) is 5.82 Å². The summed E-state index contributed by atoms with van der Waals surface area (Å²) in [6.07, 6.45) is 3.45. The van der Waals surface area contributed by atoms with Crippen molar-refractivity contribution in [1.82, 2.24) is 14.8 Å². The van der Waals surface area contributed by atoms with Gasteiger partial charge in [0.1, 0.15) is 5.82 Å². The number of nitrogens with one attached hydrogen (secondary N) is 1. The number of thiazole rings is 1. The van der Waals surface area contributed by atoms with Gasteiger partial charge >= 0.3 is 0 Å². The lowest BCUT2D eigenvalue weighted by atomic mass is 10.2. The fourth-order valence-corrected chi connectivity index (χ4v) is 2.57. The summed E-state index contributed by atoms with van der Waals surface area (Å²) >= 11 is 1.58. The molecule has 2 heterocycles. The monoisotopic (exact) mass is 288 g/mol. The summed E-state index contributed by atoms with van der Waals surface area (Å²) in [5.74, 6) is -0.301. The van der Waals surface area contributed by atoms with Crippen LogP contribution in [0.25, 0.3) is 5.69 Å². The molecule has 0 unspecified atom stereocenters. The SMILES string of the molecule is Cc1nc(CNc2c(F)cccc2-n2cccn2)cs1. The molecule has 0 saturated carbocycles. The van der Waals surface area contributed by atoms with Crippen LogP contribution in [-0.4, -0.2) is 14.8 Å². The lowest BCUT2D eigenvalue weighted by Crippen LogP contribution is -2.07. The molecule has 0 aliphatic heterocycles. The lowest BCUT2D eigenvalue weighted by Gasteiger charge is -2.12. The van der Waals surface area contributed by atoms with Crippen molar-refractivity contribution in [3.63, 3.8) is 0 Å². The molecule has 1 aromatic carbocycles. The summed E-state index contributed by atoms with van der Waals surface area (Å²) in [7, 11) is 0. The Morgan fingerprint density at radius 1 is 1.35 bits per heavy atom. The van der Waals surface area contributed by atoms with E-state index in [1.54, 1.807) is 40.5 Å². The second-order valence-electron chi connectivity index (χ2n) is 4.30. The smallest absolute Gasteiger partial charge is 0.148 e. The summed E-state index contributed by atoms with van der Waals surface area (Å²) in [4.78, 5) is 4.36. The molecule has 0 aliphatic rings. The van der Waals surface area contributed by atoms with Crippen LogP contribution >= 0.6 is 11.3 Å². The minimum atomic E-state index is -0.301. The zero-order valence-electron chi connectivity index (χ0n) is 10.9. The molecule has 102 valence electrons. The highest BCUT2D eigenvalue weighted by molar-refractivity contribution is 7.09. The molecule has 0 aliphatic carbocycles. The van der Waals surface area contributed by atoms with E-state index in [0.29, 0.717) is 17.9 Å². The van der Waals surface area contributed by atoms with Crippen LogP contribution in [0.5, 0.6) is 0 Å². The van der Waals surface area contributed by atoms with Gasteiger partial charge in [0, 0.05) is 17.8 Å². The van der Waals surface area contributed by atoms with E-state index in [1.165, 1.54) is 6.07 Å². The van der Waals surface area contributed by atoms with Crippen molar-refractivity contribution in [3.05, 3.63) is 58.6 Å². The van der Waals surface area contributed by atoms with Crippen LogP contribution in [0, 0.1) is 12.7 Å². The molecule has 0 bridgehead atoms. The number of hydrogen-bond donors (Lipinski definition) is 1. The second kappa shape index (κ2) is 5.42. The molecule has 0 spiro atoms. The van der Waals surface area contributed by atoms with Gasteiger partial charge in [0.15, 0.2) is 0 Å². The molecule has 20 heavy (non-hydrogen) atoms. The topological polar surface area (TPSA) is 42.7 Å². The molecule has 1 N–H and O–H groups in total. The van der Waals surface area contributed by atoms with Crippen molar-refractivity contribution >= 4 is 17.0 Å². The number of aryl methyl sites for hydroxylation is 1. The highest BCUT2D eigenvalue weighted by Gasteiger charge is 2.10. The molecule has 2 aromatic heterocycles. The number of nitrogens with zero attached hydrogens (tertiary/aromatic N) is 3. The Kier molecular flexibility index (Phi) is 3.47. The number of halogens is 1. The van der Waals surface area contributed by atoms with E-state index in [4.69, 9.17) is 0 Å². The van der Waals surface area contributed by atoms with Crippen molar-refractivity contribution < 1.29 is 4.39 Å². The van der Waals surface area contributed by atoms with Crippen LogP contribution in [-0.2, 0) is 6.54 Å². The average molecular weight is 288 g/mol. The van der Waals surface area contributed by atoms with E-state index >= 15 is 0 Å². The second-order valence-corrected chi connectivity index (χ2v) is 5.36. The van der Waals surface area contributed by atoms with Crippen molar-refractivity contribution in [3.8, 4) is 5.69 Å². The third kappa shape index (κ3) is 2.55. The number of anilines is 1. The minimum absolute atomic E-state index is 0.301. The van der Waals surface area contributed by atoms with Gasteiger partial charge in [0.25, 0.3) is 0 Å². The highest BCUT2D eigenvalue weighted by atomic mass is 32.1. The summed E-state index contributed by atoms with van der Waals surface area (Å²) in [5, 5.41) is 10.2. The quantitative estimate of drug-likeness (QED) is 0.800. The molecular weight excluding hydrogens is 275 g/mol. The van der Waals surface area contributed by atoms with Crippen molar-refractivity contribution in [2.75, 3.05) is 5.32 Å². The standard InChI is InChI=1S/C14H13FN4S/c1-10-18-11(9-20-10)8-16-14-12(15)4-2-5-13(14)19-7-3-6-17-19/h2-7,9,16H,8H2,1H3. The van der Waals surface area contributed by atoms with Gasteiger partial charge < -0.3 is 5.32 Å². The third-order valence-corrected chi connectivity index (χ3v) is 3.68. The zero-order valence-corrected chi connectivity index (χ0v) is 11.7. The Morgan fingerprint density at radius 3 is 2.95 bits per heavy atom. The Labute approximate surface area is 119 Å². The molecule has 0 fully saturated rings. The van der Waals surface area contributed by atoms with E-state index in [2.05, 4.69) is 15.4 Å². The number of rotatable bonds is 4. The molecule has 4 nitrogen and oxygen atoms in total. The van der Waals surface area contributed by atoms with Crippen molar-refractivity contribution in [1.29, 1.82) is 0 Å². The highest BCUT2D eigenvalue weighted by Crippen LogP contribution is 2.24. The lowest BCUT2D eigenvalue weighted by molar-refractivity contribution is 0.628. The molecule has 0 atom stereocenters. The first-order valence-electron chi connectivity index (χ1n) is 6.17. The molecule has 0 radical (unpaired) electrons. The first-order valence-corrected chi connectivity index (χ1v) is 7.05.